The second-order valence-electron chi connectivity index (χ2n) is 5.35. The number of carbonyl (C=O) groups is 1. The summed E-state index contributed by atoms with van der Waals surface area (Å²) >= 11 is 5.17. The van der Waals surface area contributed by atoms with Crippen molar-refractivity contribution in [2.24, 2.45) is 0 Å². The fraction of sp³-hybridized carbons (Fsp3) is 0.176. The van der Waals surface area contributed by atoms with Gasteiger partial charge in [-0.3, -0.25) is 15.6 Å². The van der Waals surface area contributed by atoms with Crippen LogP contribution in [-0.4, -0.2) is 25.1 Å². The molecule has 2 aromatic rings. The first-order chi connectivity index (χ1) is 11.0. The number of aryl methyl sites for hydroxylation is 1. The van der Waals surface area contributed by atoms with Gasteiger partial charge in [-0.05, 0) is 55.0 Å². The van der Waals surface area contributed by atoms with Gasteiger partial charge in [0.1, 0.15) is 0 Å². The molecule has 0 bridgehead atoms. The molecule has 2 rings (SSSR count). The van der Waals surface area contributed by atoms with E-state index in [1.165, 1.54) is 0 Å². The van der Waals surface area contributed by atoms with Crippen LogP contribution in [0.15, 0.2) is 48.5 Å². The fourth-order valence-corrected chi connectivity index (χ4v) is 2.17. The van der Waals surface area contributed by atoms with Gasteiger partial charge in [0.2, 0.25) is 0 Å². The fourth-order valence-electron chi connectivity index (χ4n) is 2.00. The number of anilines is 2. The predicted octanol–water partition coefficient (Wildman–Crippen LogP) is 2.69. The highest BCUT2D eigenvalue weighted by Crippen LogP contribution is 2.13. The van der Waals surface area contributed by atoms with Crippen LogP contribution in [-0.2, 0) is 0 Å². The number of hydrazine groups is 1. The van der Waals surface area contributed by atoms with Crippen molar-refractivity contribution in [1.82, 2.24) is 10.9 Å². The number of benzene rings is 2. The van der Waals surface area contributed by atoms with Gasteiger partial charge in [-0.2, -0.15) is 0 Å². The summed E-state index contributed by atoms with van der Waals surface area (Å²) in [5.41, 5.74) is 8.80. The van der Waals surface area contributed by atoms with Crippen molar-refractivity contribution in [2.75, 3.05) is 24.3 Å². The second-order valence-corrected chi connectivity index (χ2v) is 5.76. The minimum Gasteiger partial charge on any atom is -0.378 e. The smallest absolute Gasteiger partial charge is 0.269 e. The van der Waals surface area contributed by atoms with E-state index in [1.807, 2.05) is 68.4 Å². The molecule has 3 N–H and O–H groups in total. The van der Waals surface area contributed by atoms with E-state index in [0.29, 0.717) is 10.7 Å². The third-order valence-corrected chi connectivity index (χ3v) is 3.39. The molecule has 0 aromatic heterocycles. The monoisotopic (exact) mass is 328 g/mol. The van der Waals surface area contributed by atoms with Gasteiger partial charge in [-0.15, -0.1) is 0 Å². The lowest BCUT2D eigenvalue weighted by molar-refractivity contribution is 0.0944. The Kier molecular flexibility index (Phi) is 5.54. The second kappa shape index (κ2) is 7.60. The van der Waals surface area contributed by atoms with Crippen molar-refractivity contribution >= 4 is 34.6 Å². The van der Waals surface area contributed by atoms with E-state index in [2.05, 4.69) is 16.2 Å². The lowest BCUT2D eigenvalue weighted by Gasteiger charge is -2.14. The molecule has 1 amide bonds. The molecule has 23 heavy (non-hydrogen) atoms. The van der Waals surface area contributed by atoms with Crippen LogP contribution in [0.25, 0.3) is 0 Å². The first kappa shape index (κ1) is 16.8. The van der Waals surface area contributed by atoms with E-state index >= 15 is 0 Å². The van der Waals surface area contributed by atoms with Crippen LogP contribution < -0.4 is 21.1 Å². The van der Waals surface area contributed by atoms with Gasteiger partial charge in [0, 0.05) is 31.0 Å². The van der Waals surface area contributed by atoms with E-state index in [-0.39, 0.29) is 5.91 Å². The van der Waals surface area contributed by atoms with E-state index in [4.69, 9.17) is 12.2 Å². The number of carbonyl (C=O) groups excluding carboxylic acids is 1. The van der Waals surface area contributed by atoms with Crippen molar-refractivity contribution in [3.8, 4) is 0 Å². The van der Waals surface area contributed by atoms with Crippen LogP contribution in [0, 0.1) is 6.92 Å². The van der Waals surface area contributed by atoms with Crippen molar-refractivity contribution in [1.29, 1.82) is 0 Å². The normalized spacial score (nSPS) is 9.87. The average Bonchev–Trinajstić information content (AvgIpc) is 2.52. The number of hydrogen-bond acceptors (Lipinski definition) is 3. The molecular weight excluding hydrogens is 308 g/mol. The molecule has 6 heteroatoms. The van der Waals surface area contributed by atoms with Crippen LogP contribution in [0.3, 0.4) is 0 Å². The van der Waals surface area contributed by atoms with E-state index < -0.39 is 0 Å². The standard InChI is InChI=1S/C17H20N4OS/c1-12-6-4-8-14(10-12)18-17(23)20-19-16(22)13-7-5-9-15(11-13)21(2)3/h4-11H,1-3H3,(H,19,22)(H2,18,20,23). The highest BCUT2D eigenvalue weighted by Gasteiger charge is 2.07. The summed E-state index contributed by atoms with van der Waals surface area (Å²) in [5.74, 6) is -0.248. The molecule has 0 spiro atoms. The number of hydrogen-bond donors (Lipinski definition) is 3. The minimum atomic E-state index is -0.248. The molecule has 0 fully saturated rings. The molecule has 0 saturated carbocycles. The summed E-state index contributed by atoms with van der Waals surface area (Å²) in [6, 6.07) is 15.2. The van der Waals surface area contributed by atoms with E-state index in [9.17, 15) is 4.79 Å². The highest BCUT2D eigenvalue weighted by atomic mass is 32.1. The number of rotatable bonds is 3. The van der Waals surface area contributed by atoms with Crippen LogP contribution in [0.4, 0.5) is 11.4 Å². The van der Waals surface area contributed by atoms with Crippen LogP contribution in [0.2, 0.25) is 0 Å². The molecule has 2 aromatic carbocycles. The molecule has 0 unspecified atom stereocenters. The molecule has 0 saturated heterocycles. The molecule has 0 atom stereocenters. The summed E-state index contributed by atoms with van der Waals surface area (Å²) in [4.78, 5) is 14.1. The summed E-state index contributed by atoms with van der Waals surface area (Å²) in [5, 5.41) is 3.34. The lowest BCUT2D eigenvalue weighted by Crippen LogP contribution is -2.43. The Morgan fingerprint density at radius 3 is 2.48 bits per heavy atom. The maximum absolute atomic E-state index is 12.2. The molecule has 0 radical (unpaired) electrons. The predicted molar refractivity (Wildman–Crippen MR) is 98.8 cm³/mol. The molecule has 0 aliphatic heterocycles. The summed E-state index contributed by atoms with van der Waals surface area (Å²) in [6.07, 6.45) is 0. The van der Waals surface area contributed by atoms with Crippen LogP contribution >= 0.6 is 12.2 Å². The largest absolute Gasteiger partial charge is 0.378 e. The van der Waals surface area contributed by atoms with E-state index in [0.717, 1.165) is 16.9 Å². The van der Waals surface area contributed by atoms with Gasteiger partial charge in [0.25, 0.3) is 5.91 Å². The summed E-state index contributed by atoms with van der Waals surface area (Å²) < 4.78 is 0. The van der Waals surface area contributed by atoms with E-state index in [1.54, 1.807) is 6.07 Å². The van der Waals surface area contributed by atoms with Crippen molar-refractivity contribution < 1.29 is 4.79 Å². The lowest BCUT2D eigenvalue weighted by atomic mass is 10.2. The van der Waals surface area contributed by atoms with Crippen molar-refractivity contribution in [2.45, 2.75) is 6.92 Å². The van der Waals surface area contributed by atoms with Gasteiger partial charge in [0.05, 0.1) is 0 Å². The van der Waals surface area contributed by atoms with Gasteiger partial charge in [0.15, 0.2) is 5.11 Å². The Labute approximate surface area is 141 Å². The zero-order valence-corrected chi connectivity index (χ0v) is 14.2. The van der Waals surface area contributed by atoms with Crippen molar-refractivity contribution in [3.05, 3.63) is 59.7 Å². The number of thiocarbonyl (C=S) groups is 1. The quantitative estimate of drug-likeness (QED) is 0.597. The van der Waals surface area contributed by atoms with Gasteiger partial charge in [-0.1, -0.05) is 18.2 Å². The number of nitrogens with zero attached hydrogens (tertiary/aromatic N) is 1. The zero-order chi connectivity index (χ0) is 16.8. The first-order valence-electron chi connectivity index (χ1n) is 7.17. The molecule has 120 valence electrons. The topological polar surface area (TPSA) is 56.4 Å². The number of amides is 1. The Hall–Kier alpha value is -2.60. The van der Waals surface area contributed by atoms with Gasteiger partial charge >= 0.3 is 0 Å². The van der Waals surface area contributed by atoms with Gasteiger partial charge in [-0.25, -0.2) is 0 Å². The Balaban J connectivity index is 1.91. The molecule has 0 aliphatic rings. The SMILES string of the molecule is Cc1cccc(NC(=S)NNC(=O)c2cccc(N(C)C)c2)c1. The van der Waals surface area contributed by atoms with Crippen LogP contribution in [0.1, 0.15) is 15.9 Å². The molecule has 5 nitrogen and oxygen atoms in total. The highest BCUT2D eigenvalue weighted by molar-refractivity contribution is 7.80. The zero-order valence-electron chi connectivity index (χ0n) is 13.4. The molecule has 0 heterocycles. The average molecular weight is 328 g/mol. The van der Waals surface area contributed by atoms with Crippen LogP contribution in [0.5, 0.6) is 0 Å². The van der Waals surface area contributed by atoms with Crippen molar-refractivity contribution in [3.63, 3.8) is 0 Å². The number of nitrogens with one attached hydrogen (secondary N) is 3. The molecular formula is C17H20N4OS. The minimum absolute atomic E-state index is 0.248. The van der Waals surface area contributed by atoms with Gasteiger partial charge < -0.3 is 10.2 Å². The Morgan fingerprint density at radius 1 is 1.04 bits per heavy atom. The first-order valence-corrected chi connectivity index (χ1v) is 7.58. The molecule has 0 aliphatic carbocycles. The summed E-state index contributed by atoms with van der Waals surface area (Å²) in [7, 11) is 3.85. The Bertz CT molecular complexity index is 715. The third-order valence-electron chi connectivity index (χ3n) is 3.19. The maximum Gasteiger partial charge on any atom is 0.269 e. The summed E-state index contributed by atoms with van der Waals surface area (Å²) in [6.45, 7) is 2.00. The Morgan fingerprint density at radius 2 is 1.78 bits per heavy atom. The third kappa shape index (κ3) is 4.96. The maximum atomic E-state index is 12.2.